The maximum absolute atomic E-state index is 11.6. The number of esters is 1. The molecule has 0 bridgehead atoms. The summed E-state index contributed by atoms with van der Waals surface area (Å²) in [6.45, 7) is 3.77. The molecule has 0 radical (unpaired) electrons. The van der Waals surface area contributed by atoms with Crippen LogP contribution in [0, 0.1) is 6.92 Å². The summed E-state index contributed by atoms with van der Waals surface area (Å²) >= 11 is 7.44. The summed E-state index contributed by atoms with van der Waals surface area (Å²) in [4.78, 5) is 17.2. The van der Waals surface area contributed by atoms with Crippen LogP contribution in [0.3, 0.4) is 0 Å². The highest BCUT2D eigenvalue weighted by Gasteiger charge is 2.22. The van der Waals surface area contributed by atoms with Crippen LogP contribution in [0.2, 0.25) is 5.02 Å². The van der Waals surface area contributed by atoms with Crippen LogP contribution in [-0.4, -0.2) is 18.1 Å². The van der Waals surface area contributed by atoms with E-state index >= 15 is 0 Å². The van der Waals surface area contributed by atoms with Gasteiger partial charge in [-0.3, -0.25) is 4.79 Å². The zero-order valence-corrected chi connectivity index (χ0v) is 12.5. The first-order valence-electron chi connectivity index (χ1n) is 5.84. The lowest BCUT2D eigenvalue weighted by atomic mass is 10.1. The Morgan fingerprint density at radius 2 is 2.00 bits per heavy atom. The van der Waals surface area contributed by atoms with Crippen molar-refractivity contribution < 1.29 is 9.53 Å². The van der Waals surface area contributed by atoms with Gasteiger partial charge >= 0.3 is 5.97 Å². The van der Waals surface area contributed by atoms with E-state index in [0.717, 1.165) is 21.1 Å². The largest absolute Gasteiger partial charge is 0.469 e. The summed E-state index contributed by atoms with van der Waals surface area (Å²) in [5.74, 6) is -0.613. The fourth-order valence-electron chi connectivity index (χ4n) is 1.81. The Morgan fingerprint density at radius 1 is 1.37 bits per heavy atom. The van der Waals surface area contributed by atoms with Crippen LogP contribution >= 0.6 is 22.9 Å². The molecule has 0 saturated carbocycles. The number of hydrogen-bond acceptors (Lipinski definition) is 4. The van der Waals surface area contributed by atoms with Crippen LogP contribution in [0.15, 0.2) is 24.3 Å². The van der Waals surface area contributed by atoms with Gasteiger partial charge in [-0.2, -0.15) is 0 Å². The Bertz CT molecular complexity index is 592. The van der Waals surface area contributed by atoms with E-state index in [0.29, 0.717) is 5.02 Å². The number of ether oxygens (including phenoxy) is 1. The highest BCUT2D eigenvalue weighted by molar-refractivity contribution is 7.15. The lowest BCUT2D eigenvalue weighted by Gasteiger charge is -2.06. The predicted molar refractivity (Wildman–Crippen MR) is 77.7 cm³/mol. The molecule has 3 nitrogen and oxygen atoms in total. The second-order valence-electron chi connectivity index (χ2n) is 4.21. The quantitative estimate of drug-likeness (QED) is 0.802. The number of halogens is 1. The van der Waals surface area contributed by atoms with E-state index in [1.165, 1.54) is 7.11 Å². The van der Waals surface area contributed by atoms with Crippen molar-refractivity contribution in [1.29, 1.82) is 0 Å². The second kappa shape index (κ2) is 5.72. The van der Waals surface area contributed by atoms with Gasteiger partial charge in [0.05, 0.1) is 18.7 Å². The first-order valence-corrected chi connectivity index (χ1v) is 7.03. The molecule has 1 unspecified atom stereocenters. The first-order chi connectivity index (χ1) is 9.02. The van der Waals surface area contributed by atoms with Gasteiger partial charge in [0, 0.05) is 15.5 Å². The average molecular weight is 296 g/mol. The molecule has 0 aliphatic carbocycles. The summed E-state index contributed by atoms with van der Waals surface area (Å²) in [5.41, 5.74) is 1.78. The Kier molecular flexibility index (Phi) is 4.22. The standard InChI is InChI=1S/C14H14ClNO2S/c1-8(14(17)18-3)12-9(2)19-13(16-12)10-4-6-11(15)7-5-10/h4-8H,1-3H3. The van der Waals surface area contributed by atoms with Gasteiger partial charge in [-0.05, 0) is 26.0 Å². The molecule has 2 aromatic rings. The Labute approximate surface area is 121 Å². The molecule has 2 rings (SSSR count). The zero-order valence-electron chi connectivity index (χ0n) is 10.9. The summed E-state index contributed by atoms with van der Waals surface area (Å²) in [6, 6.07) is 7.51. The molecule has 0 saturated heterocycles. The minimum absolute atomic E-state index is 0.268. The van der Waals surface area contributed by atoms with Crippen molar-refractivity contribution in [3.05, 3.63) is 39.9 Å². The summed E-state index contributed by atoms with van der Waals surface area (Å²) in [7, 11) is 1.39. The molecule has 100 valence electrons. The van der Waals surface area contributed by atoms with Gasteiger partial charge < -0.3 is 4.74 Å². The van der Waals surface area contributed by atoms with E-state index in [1.54, 1.807) is 18.3 Å². The van der Waals surface area contributed by atoms with E-state index in [9.17, 15) is 4.79 Å². The molecule has 0 amide bonds. The number of aryl methyl sites for hydroxylation is 1. The molecule has 0 fully saturated rings. The van der Waals surface area contributed by atoms with Crippen LogP contribution in [-0.2, 0) is 9.53 Å². The number of rotatable bonds is 3. The Balaban J connectivity index is 2.35. The highest BCUT2D eigenvalue weighted by atomic mass is 35.5. The second-order valence-corrected chi connectivity index (χ2v) is 5.85. The third kappa shape index (κ3) is 2.96. The molecule has 0 aliphatic rings. The van der Waals surface area contributed by atoms with E-state index in [1.807, 2.05) is 31.2 Å². The predicted octanol–water partition coefficient (Wildman–Crippen LogP) is 4.05. The minimum Gasteiger partial charge on any atom is -0.469 e. The Hall–Kier alpha value is -1.39. The molecule has 19 heavy (non-hydrogen) atoms. The number of aromatic nitrogens is 1. The normalized spacial score (nSPS) is 12.2. The SMILES string of the molecule is COC(=O)C(C)c1nc(-c2ccc(Cl)cc2)sc1C. The van der Waals surface area contributed by atoms with Crippen LogP contribution in [0.4, 0.5) is 0 Å². The van der Waals surface area contributed by atoms with Gasteiger partial charge in [0.25, 0.3) is 0 Å². The monoisotopic (exact) mass is 295 g/mol. The topological polar surface area (TPSA) is 39.2 Å². The lowest BCUT2D eigenvalue weighted by Crippen LogP contribution is -2.11. The number of methoxy groups -OCH3 is 1. The van der Waals surface area contributed by atoms with Gasteiger partial charge in [0.15, 0.2) is 0 Å². The smallest absolute Gasteiger partial charge is 0.314 e. The number of nitrogens with zero attached hydrogens (tertiary/aromatic N) is 1. The van der Waals surface area contributed by atoms with Gasteiger partial charge in [-0.15, -0.1) is 11.3 Å². The molecule has 0 spiro atoms. The molecule has 1 heterocycles. The lowest BCUT2D eigenvalue weighted by molar-refractivity contribution is -0.142. The van der Waals surface area contributed by atoms with Crippen molar-refractivity contribution >= 4 is 28.9 Å². The van der Waals surface area contributed by atoms with Crippen LogP contribution < -0.4 is 0 Å². The van der Waals surface area contributed by atoms with Crippen molar-refractivity contribution in [2.24, 2.45) is 0 Å². The summed E-state index contributed by atoms with van der Waals surface area (Å²) in [5, 5.41) is 1.58. The van der Waals surface area contributed by atoms with Crippen molar-refractivity contribution in [3.63, 3.8) is 0 Å². The van der Waals surface area contributed by atoms with Crippen molar-refractivity contribution in [1.82, 2.24) is 4.98 Å². The summed E-state index contributed by atoms with van der Waals surface area (Å²) in [6.07, 6.45) is 0. The summed E-state index contributed by atoms with van der Waals surface area (Å²) < 4.78 is 4.76. The minimum atomic E-state index is -0.345. The van der Waals surface area contributed by atoms with E-state index in [-0.39, 0.29) is 11.9 Å². The average Bonchev–Trinajstić information content (AvgIpc) is 2.80. The number of carbonyl (C=O) groups is 1. The van der Waals surface area contributed by atoms with E-state index in [4.69, 9.17) is 16.3 Å². The molecule has 1 atom stereocenters. The van der Waals surface area contributed by atoms with Gasteiger partial charge in [0.1, 0.15) is 5.01 Å². The number of carbonyl (C=O) groups excluding carboxylic acids is 1. The first kappa shape index (κ1) is 14.0. The van der Waals surface area contributed by atoms with Crippen molar-refractivity contribution in [2.75, 3.05) is 7.11 Å². The molecule has 0 aliphatic heterocycles. The van der Waals surface area contributed by atoms with E-state index < -0.39 is 0 Å². The van der Waals surface area contributed by atoms with Crippen molar-refractivity contribution in [2.45, 2.75) is 19.8 Å². The van der Waals surface area contributed by atoms with Crippen LogP contribution in [0.5, 0.6) is 0 Å². The molecule has 1 aromatic carbocycles. The van der Waals surface area contributed by atoms with Crippen molar-refractivity contribution in [3.8, 4) is 10.6 Å². The molecular formula is C14H14ClNO2S. The third-order valence-corrected chi connectivity index (χ3v) is 4.18. The third-order valence-electron chi connectivity index (χ3n) is 2.89. The molecule has 1 aromatic heterocycles. The molecular weight excluding hydrogens is 282 g/mol. The zero-order chi connectivity index (χ0) is 14.0. The van der Waals surface area contributed by atoms with Crippen LogP contribution in [0.25, 0.3) is 10.6 Å². The fraction of sp³-hybridized carbons (Fsp3) is 0.286. The highest BCUT2D eigenvalue weighted by Crippen LogP contribution is 2.32. The number of hydrogen-bond donors (Lipinski definition) is 0. The molecule has 0 N–H and O–H groups in total. The number of thiazole rings is 1. The van der Waals surface area contributed by atoms with E-state index in [2.05, 4.69) is 4.98 Å². The number of benzene rings is 1. The van der Waals surface area contributed by atoms with Gasteiger partial charge in [0.2, 0.25) is 0 Å². The van der Waals surface area contributed by atoms with Crippen LogP contribution in [0.1, 0.15) is 23.4 Å². The fourth-order valence-corrected chi connectivity index (χ4v) is 2.96. The maximum atomic E-state index is 11.6. The maximum Gasteiger partial charge on any atom is 0.314 e. The van der Waals surface area contributed by atoms with Gasteiger partial charge in [-0.25, -0.2) is 4.98 Å². The molecule has 5 heteroatoms. The Morgan fingerprint density at radius 3 is 2.58 bits per heavy atom. The van der Waals surface area contributed by atoms with Gasteiger partial charge in [-0.1, -0.05) is 23.7 Å².